The molecule has 0 fully saturated rings. The lowest BCUT2D eigenvalue weighted by atomic mass is 10.1. The number of ketones is 2. The number of Topliss-reactive ketones (excluding diaryl/α,β-unsaturated/α-hetero) is 2. The predicted molar refractivity (Wildman–Crippen MR) is 121 cm³/mol. The monoisotopic (exact) mass is 467 g/mol. The van der Waals surface area contributed by atoms with E-state index in [1.807, 2.05) is 0 Å². The van der Waals surface area contributed by atoms with Crippen LogP contribution in [0.4, 0.5) is 10.2 Å². The van der Waals surface area contributed by atoms with Gasteiger partial charge in [-0.05, 0) is 29.8 Å². The molecule has 34 heavy (non-hydrogen) atoms. The normalized spacial score (nSPS) is 10.6. The van der Waals surface area contributed by atoms with E-state index in [9.17, 15) is 28.4 Å². The Balaban J connectivity index is 1.68. The van der Waals surface area contributed by atoms with Crippen LogP contribution in [0.1, 0.15) is 39.1 Å². The van der Waals surface area contributed by atoms with Gasteiger partial charge in [0, 0.05) is 19.0 Å². The third kappa shape index (κ3) is 5.52. The van der Waals surface area contributed by atoms with E-state index in [4.69, 9.17) is 10.5 Å². The van der Waals surface area contributed by atoms with Crippen LogP contribution in [0.25, 0.3) is 0 Å². The number of carbonyl (C=O) groups excluding carboxylic acids is 3. The van der Waals surface area contributed by atoms with Crippen molar-refractivity contribution in [2.45, 2.75) is 19.4 Å². The quantitative estimate of drug-likeness (QED) is 0.374. The summed E-state index contributed by atoms with van der Waals surface area (Å²) in [7, 11) is 1.22. The number of nitrogens with zero attached hydrogens (tertiary/aromatic N) is 2. The number of hydrogen-bond donors (Lipinski definition) is 1. The Hall–Kier alpha value is -4.34. The van der Waals surface area contributed by atoms with Crippen molar-refractivity contribution in [3.05, 3.63) is 97.9 Å². The fourth-order valence-corrected chi connectivity index (χ4v) is 3.25. The lowest BCUT2D eigenvalue weighted by molar-refractivity contribution is -0.142. The molecular formula is C24H22FN3O6. The average molecular weight is 467 g/mol. The maximum atomic E-state index is 12.9. The number of ether oxygens (including phenoxy) is 1. The number of nitrogens with two attached hydrogens (primary N) is 1. The number of esters is 1. The van der Waals surface area contributed by atoms with E-state index in [-0.39, 0.29) is 30.8 Å². The van der Waals surface area contributed by atoms with Crippen LogP contribution in [0.5, 0.6) is 0 Å². The van der Waals surface area contributed by atoms with Crippen LogP contribution in [-0.4, -0.2) is 33.3 Å². The minimum atomic E-state index is -0.903. The molecule has 10 heteroatoms. The van der Waals surface area contributed by atoms with Gasteiger partial charge in [-0.15, -0.1) is 0 Å². The lowest BCUT2D eigenvalue weighted by Crippen LogP contribution is -2.43. The van der Waals surface area contributed by atoms with E-state index in [0.717, 1.165) is 26.8 Å². The second-order valence-corrected chi connectivity index (χ2v) is 7.49. The van der Waals surface area contributed by atoms with Crippen LogP contribution in [0.3, 0.4) is 0 Å². The smallest absolute Gasteiger partial charge is 0.332 e. The molecule has 0 aliphatic heterocycles. The van der Waals surface area contributed by atoms with Crippen molar-refractivity contribution in [1.82, 2.24) is 9.13 Å². The number of hydrogen-bond acceptors (Lipinski definition) is 7. The Morgan fingerprint density at radius 3 is 2.24 bits per heavy atom. The summed E-state index contributed by atoms with van der Waals surface area (Å²) in [5.74, 6) is -2.93. The standard InChI is InChI=1S/C24H22FN3O6/c1-27-23(32)21(22(26)28(24(27)33)13-15-5-3-2-4-6-15)19(30)14-34-20(31)12-11-18(29)16-7-9-17(25)10-8-16/h2-10H,11-14,26H2,1H3. The third-order valence-electron chi connectivity index (χ3n) is 5.13. The number of benzene rings is 2. The highest BCUT2D eigenvalue weighted by atomic mass is 19.1. The molecule has 0 amide bonds. The molecule has 0 aliphatic carbocycles. The largest absolute Gasteiger partial charge is 0.457 e. The zero-order chi connectivity index (χ0) is 24.8. The summed E-state index contributed by atoms with van der Waals surface area (Å²) in [6.07, 6.45) is -0.519. The number of carbonyl (C=O) groups is 3. The molecule has 3 rings (SSSR count). The van der Waals surface area contributed by atoms with Crippen LogP contribution in [0, 0.1) is 5.82 Å². The van der Waals surface area contributed by atoms with Gasteiger partial charge in [0.15, 0.2) is 12.4 Å². The Morgan fingerprint density at radius 2 is 1.59 bits per heavy atom. The van der Waals surface area contributed by atoms with E-state index < -0.39 is 46.8 Å². The maximum Gasteiger partial charge on any atom is 0.332 e. The van der Waals surface area contributed by atoms with E-state index in [1.165, 1.54) is 19.2 Å². The summed E-state index contributed by atoms with van der Waals surface area (Å²) in [4.78, 5) is 61.8. The van der Waals surface area contributed by atoms with Gasteiger partial charge >= 0.3 is 11.7 Å². The molecule has 3 aromatic rings. The summed E-state index contributed by atoms with van der Waals surface area (Å²) in [6.45, 7) is -0.752. The van der Waals surface area contributed by atoms with Crippen molar-refractivity contribution in [1.29, 1.82) is 0 Å². The topological polar surface area (TPSA) is 130 Å². The molecule has 0 saturated heterocycles. The first kappa shape index (κ1) is 24.3. The fourth-order valence-electron chi connectivity index (χ4n) is 3.25. The first-order valence-electron chi connectivity index (χ1n) is 10.3. The van der Waals surface area contributed by atoms with E-state index in [2.05, 4.69) is 0 Å². The van der Waals surface area contributed by atoms with E-state index in [0.29, 0.717) is 0 Å². The first-order chi connectivity index (χ1) is 16.2. The van der Waals surface area contributed by atoms with Gasteiger partial charge in [-0.1, -0.05) is 30.3 Å². The Labute approximate surface area is 193 Å². The van der Waals surface area contributed by atoms with Crippen molar-refractivity contribution in [2.24, 2.45) is 7.05 Å². The highest BCUT2D eigenvalue weighted by Crippen LogP contribution is 2.11. The number of rotatable bonds is 9. The van der Waals surface area contributed by atoms with Gasteiger partial charge in [-0.3, -0.25) is 28.3 Å². The molecule has 0 bridgehead atoms. The SMILES string of the molecule is Cn1c(=O)c(C(=O)COC(=O)CCC(=O)c2ccc(F)cc2)c(N)n(Cc2ccccc2)c1=O. The number of aromatic nitrogens is 2. The molecule has 9 nitrogen and oxygen atoms in total. The number of nitrogen functional groups attached to an aromatic ring is 1. The van der Waals surface area contributed by atoms with Gasteiger partial charge in [0.05, 0.1) is 13.0 Å². The van der Waals surface area contributed by atoms with Crippen molar-refractivity contribution < 1.29 is 23.5 Å². The molecule has 1 aromatic heterocycles. The van der Waals surface area contributed by atoms with Crippen molar-refractivity contribution in [3.63, 3.8) is 0 Å². The second kappa shape index (κ2) is 10.5. The van der Waals surface area contributed by atoms with Gasteiger partial charge in [-0.2, -0.15) is 0 Å². The summed E-state index contributed by atoms with van der Waals surface area (Å²) in [6, 6.07) is 13.7. The van der Waals surface area contributed by atoms with Gasteiger partial charge in [0.2, 0.25) is 5.78 Å². The zero-order valence-corrected chi connectivity index (χ0v) is 18.3. The van der Waals surface area contributed by atoms with Gasteiger partial charge in [0.1, 0.15) is 17.2 Å². The van der Waals surface area contributed by atoms with Gasteiger partial charge in [-0.25, -0.2) is 9.18 Å². The summed E-state index contributed by atoms with van der Waals surface area (Å²) >= 11 is 0. The molecule has 176 valence electrons. The van der Waals surface area contributed by atoms with Gasteiger partial charge < -0.3 is 10.5 Å². The summed E-state index contributed by atoms with van der Waals surface area (Å²) < 4.78 is 19.7. The highest BCUT2D eigenvalue weighted by molar-refractivity contribution is 6.01. The molecule has 0 spiro atoms. The molecule has 0 radical (unpaired) electrons. The van der Waals surface area contributed by atoms with Crippen molar-refractivity contribution >= 4 is 23.4 Å². The molecule has 0 saturated carbocycles. The molecule has 0 aliphatic rings. The van der Waals surface area contributed by atoms with Gasteiger partial charge in [0.25, 0.3) is 5.56 Å². The lowest BCUT2D eigenvalue weighted by Gasteiger charge is -2.14. The van der Waals surface area contributed by atoms with Crippen molar-refractivity contribution in [3.8, 4) is 0 Å². The predicted octanol–water partition coefficient (Wildman–Crippen LogP) is 1.71. The van der Waals surface area contributed by atoms with Crippen LogP contribution < -0.4 is 17.0 Å². The molecule has 1 heterocycles. The van der Waals surface area contributed by atoms with Crippen LogP contribution in [0.2, 0.25) is 0 Å². The fraction of sp³-hybridized carbons (Fsp3) is 0.208. The molecular weight excluding hydrogens is 445 g/mol. The maximum absolute atomic E-state index is 12.9. The minimum absolute atomic E-state index is 0.0329. The summed E-state index contributed by atoms with van der Waals surface area (Å²) in [5.41, 5.74) is 4.90. The second-order valence-electron chi connectivity index (χ2n) is 7.49. The van der Waals surface area contributed by atoms with Crippen LogP contribution in [-0.2, 0) is 23.1 Å². The van der Waals surface area contributed by atoms with E-state index in [1.54, 1.807) is 30.3 Å². The highest BCUT2D eigenvalue weighted by Gasteiger charge is 2.23. The first-order valence-corrected chi connectivity index (χ1v) is 10.3. The molecule has 2 aromatic carbocycles. The van der Waals surface area contributed by atoms with E-state index >= 15 is 0 Å². The third-order valence-corrected chi connectivity index (χ3v) is 5.13. The summed E-state index contributed by atoms with van der Waals surface area (Å²) in [5, 5.41) is 0. The number of halogens is 1. The Kier molecular flexibility index (Phi) is 7.52. The van der Waals surface area contributed by atoms with Crippen molar-refractivity contribution in [2.75, 3.05) is 12.3 Å². The Morgan fingerprint density at radius 1 is 0.941 bits per heavy atom. The number of anilines is 1. The van der Waals surface area contributed by atoms with Crippen LogP contribution in [0.15, 0.2) is 64.2 Å². The van der Waals surface area contributed by atoms with Crippen LogP contribution >= 0.6 is 0 Å². The molecule has 0 atom stereocenters. The average Bonchev–Trinajstić information content (AvgIpc) is 2.83. The molecule has 2 N–H and O–H groups in total. The minimum Gasteiger partial charge on any atom is -0.457 e. The molecule has 0 unspecified atom stereocenters. The zero-order valence-electron chi connectivity index (χ0n) is 18.3. The Bertz CT molecular complexity index is 1340.